The van der Waals surface area contributed by atoms with Gasteiger partial charge in [-0.15, -0.1) is 11.3 Å². The molecule has 19 heavy (non-hydrogen) atoms. The van der Waals surface area contributed by atoms with Crippen LogP contribution in [0.3, 0.4) is 0 Å². The molecule has 0 bridgehead atoms. The molecular formula is C14H9ClN2OS. The van der Waals surface area contributed by atoms with Crippen LogP contribution in [0, 0.1) is 0 Å². The Labute approximate surface area is 118 Å². The monoisotopic (exact) mass is 288 g/mol. The predicted octanol–water partition coefficient (Wildman–Crippen LogP) is 4.20. The molecule has 1 amide bonds. The van der Waals surface area contributed by atoms with Crippen molar-refractivity contribution in [2.45, 2.75) is 0 Å². The Hall–Kier alpha value is -1.91. The van der Waals surface area contributed by atoms with Crippen LogP contribution >= 0.6 is 22.9 Å². The average molecular weight is 289 g/mol. The summed E-state index contributed by atoms with van der Waals surface area (Å²) in [5.74, 6) is -0.135. The van der Waals surface area contributed by atoms with Crippen molar-refractivity contribution in [2.75, 3.05) is 5.32 Å². The number of carbonyl (C=O) groups is 1. The maximum absolute atomic E-state index is 12.0. The van der Waals surface area contributed by atoms with Crippen molar-refractivity contribution in [3.8, 4) is 0 Å². The SMILES string of the molecule is O=C(Nc1ccc(Cl)c2cccnc12)c1cccs1. The van der Waals surface area contributed by atoms with Crippen molar-refractivity contribution >= 4 is 45.4 Å². The van der Waals surface area contributed by atoms with Crippen LogP contribution in [0.5, 0.6) is 0 Å². The highest BCUT2D eigenvalue weighted by atomic mass is 35.5. The lowest BCUT2D eigenvalue weighted by Gasteiger charge is -2.08. The third-order valence-corrected chi connectivity index (χ3v) is 3.91. The third kappa shape index (κ3) is 2.32. The highest BCUT2D eigenvalue weighted by Gasteiger charge is 2.11. The molecule has 0 saturated heterocycles. The number of anilines is 1. The lowest BCUT2D eigenvalue weighted by Crippen LogP contribution is -2.10. The number of rotatable bonds is 2. The predicted molar refractivity (Wildman–Crippen MR) is 79.0 cm³/mol. The van der Waals surface area contributed by atoms with E-state index in [1.165, 1.54) is 11.3 Å². The maximum atomic E-state index is 12.0. The van der Waals surface area contributed by atoms with E-state index in [9.17, 15) is 4.79 Å². The van der Waals surface area contributed by atoms with Gasteiger partial charge in [0, 0.05) is 11.6 Å². The van der Waals surface area contributed by atoms with E-state index in [0.717, 1.165) is 5.39 Å². The van der Waals surface area contributed by atoms with E-state index in [1.807, 2.05) is 23.6 Å². The summed E-state index contributed by atoms with van der Waals surface area (Å²) in [5, 5.41) is 6.18. The first-order chi connectivity index (χ1) is 9.25. The van der Waals surface area contributed by atoms with Crippen molar-refractivity contribution in [3.05, 3.63) is 57.9 Å². The van der Waals surface area contributed by atoms with E-state index in [2.05, 4.69) is 10.3 Å². The van der Waals surface area contributed by atoms with Gasteiger partial charge < -0.3 is 5.32 Å². The summed E-state index contributed by atoms with van der Waals surface area (Å²) in [6.45, 7) is 0. The molecule has 2 aromatic heterocycles. The van der Waals surface area contributed by atoms with Crippen LogP contribution < -0.4 is 5.32 Å². The quantitative estimate of drug-likeness (QED) is 0.768. The first-order valence-corrected chi connectivity index (χ1v) is 6.89. The number of nitrogens with zero attached hydrogens (tertiary/aromatic N) is 1. The smallest absolute Gasteiger partial charge is 0.265 e. The Morgan fingerprint density at radius 3 is 2.89 bits per heavy atom. The first-order valence-electron chi connectivity index (χ1n) is 5.64. The molecular weight excluding hydrogens is 280 g/mol. The molecule has 3 nitrogen and oxygen atoms in total. The number of thiophene rings is 1. The highest BCUT2D eigenvalue weighted by Crippen LogP contribution is 2.28. The number of aromatic nitrogens is 1. The molecule has 0 atom stereocenters. The van der Waals surface area contributed by atoms with Gasteiger partial charge >= 0.3 is 0 Å². The number of carbonyl (C=O) groups excluding carboxylic acids is 1. The number of hydrogen-bond donors (Lipinski definition) is 1. The molecule has 1 N–H and O–H groups in total. The number of amides is 1. The molecule has 2 heterocycles. The Bertz CT molecular complexity index is 740. The molecule has 0 unspecified atom stereocenters. The van der Waals surface area contributed by atoms with Crippen LogP contribution in [0.2, 0.25) is 5.02 Å². The summed E-state index contributed by atoms with van der Waals surface area (Å²) < 4.78 is 0. The topological polar surface area (TPSA) is 42.0 Å². The van der Waals surface area contributed by atoms with Gasteiger partial charge in [-0.25, -0.2) is 0 Å². The molecule has 0 spiro atoms. The van der Waals surface area contributed by atoms with E-state index >= 15 is 0 Å². The Balaban J connectivity index is 2.02. The number of hydrogen-bond acceptors (Lipinski definition) is 3. The number of benzene rings is 1. The van der Waals surface area contributed by atoms with Gasteiger partial charge in [-0.1, -0.05) is 17.7 Å². The van der Waals surface area contributed by atoms with E-state index in [4.69, 9.17) is 11.6 Å². The number of halogens is 1. The number of pyridine rings is 1. The van der Waals surface area contributed by atoms with Gasteiger partial charge in [0.2, 0.25) is 0 Å². The van der Waals surface area contributed by atoms with Crippen LogP contribution in [0.15, 0.2) is 48.0 Å². The molecule has 1 aromatic carbocycles. The molecule has 0 radical (unpaired) electrons. The molecule has 0 saturated carbocycles. The fraction of sp³-hybridized carbons (Fsp3) is 0. The average Bonchev–Trinajstić information content (AvgIpc) is 2.96. The third-order valence-electron chi connectivity index (χ3n) is 2.71. The fourth-order valence-electron chi connectivity index (χ4n) is 1.83. The van der Waals surface area contributed by atoms with Crippen LogP contribution in [-0.4, -0.2) is 10.9 Å². The minimum atomic E-state index is -0.135. The van der Waals surface area contributed by atoms with Gasteiger partial charge in [-0.05, 0) is 35.7 Å². The zero-order valence-corrected chi connectivity index (χ0v) is 11.3. The van der Waals surface area contributed by atoms with E-state index in [1.54, 1.807) is 24.4 Å². The van der Waals surface area contributed by atoms with Gasteiger partial charge in [-0.2, -0.15) is 0 Å². The van der Waals surface area contributed by atoms with E-state index < -0.39 is 0 Å². The van der Waals surface area contributed by atoms with Crippen molar-refractivity contribution in [2.24, 2.45) is 0 Å². The van der Waals surface area contributed by atoms with Gasteiger partial charge in [-0.3, -0.25) is 9.78 Å². The fourth-order valence-corrected chi connectivity index (χ4v) is 2.66. The van der Waals surface area contributed by atoms with Crippen molar-refractivity contribution in [3.63, 3.8) is 0 Å². The Kier molecular flexibility index (Phi) is 3.19. The molecule has 0 aliphatic carbocycles. The van der Waals surface area contributed by atoms with Crippen LogP contribution in [0.4, 0.5) is 5.69 Å². The molecule has 3 aromatic rings. The minimum Gasteiger partial charge on any atom is -0.319 e. The summed E-state index contributed by atoms with van der Waals surface area (Å²) in [4.78, 5) is 17.0. The Morgan fingerprint density at radius 2 is 2.11 bits per heavy atom. The van der Waals surface area contributed by atoms with Crippen molar-refractivity contribution < 1.29 is 4.79 Å². The summed E-state index contributed by atoms with van der Waals surface area (Å²) >= 11 is 7.51. The maximum Gasteiger partial charge on any atom is 0.265 e. The second kappa shape index (κ2) is 4.99. The normalized spacial score (nSPS) is 10.6. The summed E-state index contributed by atoms with van der Waals surface area (Å²) in [6, 6.07) is 10.9. The Morgan fingerprint density at radius 1 is 1.21 bits per heavy atom. The van der Waals surface area contributed by atoms with Gasteiger partial charge in [0.15, 0.2) is 0 Å². The standard InChI is InChI=1S/C14H9ClN2OS/c15-10-5-6-11(13-9(10)3-1-7-16-13)17-14(18)12-4-2-8-19-12/h1-8H,(H,17,18). The summed E-state index contributed by atoms with van der Waals surface area (Å²) in [6.07, 6.45) is 1.68. The molecule has 0 aliphatic rings. The van der Waals surface area contributed by atoms with Crippen LogP contribution in [-0.2, 0) is 0 Å². The second-order valence-electron chi connectivity index (χ2n) is 3.93. The van der Waals surface area contributed by atoms with E-state index in [0.29, 0.717) is 21.1 Å². The lowest BCUT2D eigenvalue weighted by atomic mass is 10.2. The van der Waals surface area contributed by atoms with Crippen LogP contribution in [0.1, 0.15) is 9.67 Å². The van der Waals surface area contributed by atoms with Crippen molar-refractivity contribution in [1.29, 1.82) is 0 Å². The highest BCUT2D eigenvalue weighted by molar-refractivity contribution is 7.12. The van der Waals surface area contributed by atoms with Gasteiger partial charge in [0.25, 0.3) is 5.91 Å². The zero-order chi connectivity index (χ0) is 13.2. The summed E-state index contributed by atoms with van der Waals surface area (Å²) in [7, 11) is 0. The molecule has 0 fully saturated rings. The molecule has 0 aliphatic heterocycles. The summed E-state index contributed by atoms with van der Waals surface area (Å²) in [5.41, 5.74) is 1.36. The molecule has 5 heteroatoms. The first kappa shape index (κ1) is 12.1. The molecule has 3 rings (SSSR count). The van der Waals surface area contributed by atoms with Crippen LogP contribution in [0.25, 0.3) is 10.9 Å². The van der Waals surface area contributed by atoms with Gasteiger partial charge in [0.05, 0.1) is 21.1 Å². The number of nitrogens with one attached hydrogen (secondary N) is 1. The van der Waals surface area contributed by atoms with E-state index in [-0.39, 0.29) is 5.91 Å². The molecule has 94 valence electrons. The van der Waals surface area contributed by atoms with Gasteiger partial charge in [0.1, 0.15) is 0 Å². The number of fused-ring (bicyclic) bond motifs is 1. The lowest BCUT2D eigenvalue weighted by molar-refractivity contribution is 0.103. The minimum absolute atomic E-state index is 0.135. The second-order valence-corrected chi connectivity index (χ2v) is 5.28. The zero-order valence-electron chi connectivity index (χ0n) is 9.76. The van der Waals surface area contributed by atoms with Crippen molar-refractivity contribution in [1.82, 2.24) is 4.98 Å². The largest absolute Gasteiger partial charge is 0.319 e.